The summed E-state index contributed by atoms with van der Waals surface area (Å²) in [4.78, 5) is 52.1. The predicted octanol–water partition coefficient (Wildman–Crippen LogP) is -0.825. The van der Waals surface area contributed by atoms with Gasteiger partial charge in [0.1, 0.15) is 6.04 Å². The standard InChI is InChI=1S/C22H10B8ClF2N3O4/c23-20(24)14(16(38)35(29)18(40)21(20,25)26)34-8-9-7-11(3-6-13(9)15(34)37)22(27,28)36(30)17(39)19(32,33)10-1-4-12(31)5-2-10/h1-7,14H,8H2. The Morgan fingerprint density at radius 3 is 2.12 bits per heavy atom. The number of carbonyl (C=O) groups is 4. The molecule has 2 aromatic carbocycles. The van der Waals surface area contributed by atoms with Crippen LogP contribution in [0.4, 0.5) is 8.78 Å². The molecule has 1 atom stereocenters. The van der Waals surface area contributed by atoms with Crippen molar-refractivity contribution >= 4 is 98.3 Å². The molecule has 2 aliphatic heterocycles. The number of nitrogens with zero attached hydrogens (tertiary/aromatic N) is 3. The molecule has 0 N–H and O–H groups in total. The molecule has 4 amide bonds. The van der Waals surface area contributed by atoms with Crippen molar-refractivity contribution in [3.8, 4) is 0 Å². The van der Waals surface area contributed by atoms with Gasteiger partial charge in [-0.25, -0.2) is 0 Å². The maximum Gasteiger partial charge on any atom is 0.348 e. The van der Waals surface area contributed by atoms with Crippen molar-refractivity contribution in [3.05, 3.63) is 69.7 Å². The third-order valence-corrected chi connectivity index (χ3v) is 7.27. The van der Waals surface area contributed by atoms with E-state index in [1.54, 1.807) is 0 Å². The number of fused-ring (bicyclic) bond motifs is 1. The summed E-state index contributed by atoms with van der Waals surface area (Å²) in [6, 6.07) is 6.00. The largest absolute Gasteiger partial charge is 0.398 e. The molecule has 18 heteroatoms. The van der Waals surface area contributed by atoms with Crippen LogP contribution >= 0.6 is 11.6 Å². The highest BCUT2D eigenvalue weighted by Gasteiger charge is 2.58. The molecule has 16 radical (unpaired) electrons. The number of carbonyl (C=O) groups excluding carboxylic acids is 4. The summed E-state index contributed by atoms with van der Waals surface area (Å²) >= 11 is 5.72. The molecule has 4 rings (SSSR count). The maximum absolute atomic E-state index is 14.9. The average Bonchev–Trinajstić information content (AvgIpc) is 3.21. The summed E-state index contributed by atoms with van der Waals surface area (Å²) in [6.45, 7) is -0.373. The summed E-state index contributed by atoms with van der Waals surface area (Å²) in [6.07, 6.45) is 0. The highest BCUT2D eigenvalue weighted by atomic mass is 35.5. The number of rotatable bonds is 5. The van der Waals surface area contributed by atoms with E-state index in [2.05, 4.69) is 0 Å². The Kier molecular flexibility index (Phi) is 7.27. The fraction of sp³-hybridized carbons (Fsp3) is 0.273. The van der Waals surface area contributed by atoms with Crippen molar-refractivity contribution in [3.63, 3.8) is 0 Å². The van der Waals surface area contributed by atoms with Gasteiger partial charge in [0.15, 0.2) is 0 Å². The van der Waals surface area contributed by atoms with Gasteiger partial charge in [0.05, 0.1) is 47.1 Å². The van der Waals surface area contributed by atoms with Crippen molar-refractivity contribution in [2.45, 2.75) is 34.3 Å². The predicted molar refractivity (Wildman–Crippen MR) is 147 cm³/mol. The van der Waals surface area contributed by atoms with Crippen LogP contribution in [0.1, 0.15) is 27.0 Å². The first-order valence-electron chi connectivity index (χ1n) is 11.3. The van der Waals surface area contributed by atoms with Crippen LogP contribution in [-0.4, -0.2) is 107 Å². The number of benzene rings is 2. The number of hydrogen-bond acceptors (Lipinski definition) is 4. The van der Waals surface area contributed by atoms with Gasteiger partial charge in [0.2, 0.25) is 27.8 Å². The van der Waals surface area contributed by atoms with Crippen LogP contribution in [0.15, 0.2) is 42.5 Å². The molecule has 2 aromatic rings. The SMILES string of the molecule is [B]N1C(=O)C(N2Cc3cc(C([B])([B])N([B])C(=O)C(F)(F)c4ccc(Cl)cc4)ccc3C2=O)C([B])([B])C([B])([B])C1=O. The Labute approximate surface area is 244 Å². The van der Waals surface area contributed by atoms with Crippen LogP contribution in [0.25, 0.3) is 0 Å². The van der Waals surface area contributed by atoms with Crippen molar-refractivity contribution in [2.24, 2.45) is 0 Å². The summed E-state index contributed by atoms with van der Waals surface area (Å²) in [5.41, 5.74) is -0.703. The zero-order valence-electron chi connectivity index (χ0n) is 20.6. The molecule has 0 spiro atoms. The minimum absolute atomic E-state index is 0.00431. The van der Waals surface area contributed by atoms with Crippen LogP contribution in [0.5, 0.6) is 0 Å². The molecule has 0 aliphatic carbocycles. The molecular weight excluding hydrogens is 530 g/mol. The lowest BCUT2D eigenvalue weighted by atomic mass is 9.26. The number of alkyl halides is 2. The molecular formula is C22H10B8ClF2N3O4. The van der Waals surface area contributed by atoms with Gasteiger partial charge in [0, 0.05) is 22.7 Å². The van der Waals surface area contributed by atoms with E-state index in [0.29, 0.717) is 0 Å². The zero-order chi connectivity index (χ0) is 30.2. The van der Waals surface area contributed by atoms with Crippen LogP contribution in [0, 0.1) is 0 Å². The molecule has 40 heavy (non-hydrogen) atoms. The molecule has 0 saturated carbocycles. The second kappa shape index (κ2) is 9.64. The summed E-state index contributed by atoms with van der Waals surface area (Å²) in [5.74, 6) is -9.28. The zero-order valence-corrected chi connectivity index (χ0v) is 21.3. The minimum Gasteiger partial charge on any atom is -0.398 e. The third kappa shape index (κ3) is 4.35. The number of hydrogen-bond donors (Lipinski definition) is 0. The molecule has 1 unspecified atom stereocenters. The van der Waals surface area contributed by atoms with E-state index in [-0.39, 0.29) is 37.9 Å². The molecule has 182 valence electrons. The molecule has 0 bridgehead atoms. The van der Waals surface area contributed by atoms with E-state index in [0.717, 1.165) is 29.2 Å². The van der Waals surface area contributed by atoms with Crippen molar-refractivity contribution in [1.29, 1.82) is 0 Å². The van der Waals surface area contributed by atoms with E-state index in [1.165, 1.54) is 18.2 Å². The molecule has 1 fully saturated rings. The quantitative estimate of drug-likeness (QED) is 0.367. The van der Waals surface area contributed by atoms with Crippen molar-refractivity contribution in [2.75, 3.05) is 0 Å². The summed E-state index contributed by atoms with van der Waals surface area (Å²) in [5, 5.41) is -7.35. The number of halogens is 3. The minimum atomic E-state index is -4.14. The Morgan fingerprint density at radius 1 is 1.00 bits per heavy atom. The number of amides is 4. The topological polar surface area (TPSA) is 78.0 Å². The van der Waals surface area contributed by atoms with Gasteiger partial charge in [-0.3, -0.25) is 19.2 Å². The van der Waals surface area contributed by atoms with Gasteiger partial charge in [-0.15, -0.1) is 0 Å². The van der Waals surface area contributed by atoms with Gasteiger partial charge < -0.3 is 14.5 Å². The van der Waals surface area contributed by atoms with Crippen LogP contribution < -0.4 is 0 Å². The van der Waals surface area contributed by atoms with E-state index in [4.69, 9.17) is 74.6 Å². The molecule has 7 nitrogen and oxygen atoms in total. The highest BCUT2D eigenvalue weighted by molar-refractivity contribution is 6.65. The van der Waals surface area contributed by atoms with Crippen molar-refractivity contribution in [1.82, 2.24) is 14.5 Å². The molecule has 2 aliphatic rings. The van der Waals surface area contributed by atoms with E-state index < -0.39 is 56.9 Å². The molecule has 1 saturated heterocycles. The first-order chi connectivity index (χ1) is 18.3. The normalized spacial score (nSPS) is 20.4. The Balaban J connectivity index is 1.65. The molecule has 2 heterocycles. The van der Waals surface area contributed by atoms with Gasteiger partial charge in [-0.2, -0.15) is 8.78 Å². The number of piperidine rings is 1. The van der Waals surface area contributed by atoms with E-state index in [9.17, 15) is 28.0 Å². The summed E-state index contributed by atoms with van der Waals surface area (Å²) in [7, 11) is 47.0. The molecule has 0 aromatic heterocycles. The lowest BCUT2D eigenvalue weighted by Crippen LogP contribution is -2.67. The van der Waals surface area contributed by atoms with Crippen LogP contribution in [0.2, 0.25) is 15.5 Å². The third-order valence-electron chi connectivity index (χ3n) is 7.02. The van der Waals surface area contributed by atoms with Crippen LogP contribution in [0.3, 0.4) is 0 Å². The Bertz CT molecular complexity index is 1440. The van der Waals surface area contributed by atoms with E-state index >= 15 is 0 Å². The number of imide groups is 1. The smallest absolute Gasteiger partial charge is 0.348 e. The summed E-state index contributed by atoms with van der Waals surface area (Å²) < 4.78 is 29.9. The second-order valence-corrected chi connectivity index (χ2v) is 10.0. The maximum atomic E-state index is 14.9. The highest BCUT2D eigenvalue weighted by Crippen LogP contribution is 2.52. The lowest BCUT2D eigenvalue weighted by molar-refractivity contribution is -0.155. The van der Waals surface area contributed by atoms with Gasteiger partial charge in [0.25, 0.3) is 11.8 Å². The van der Waals surface area contributed by atoms with Gasteiger partial charge in [-0.1, -0.05) is 41.1 Å². The fourth-order valence-corrected chi connectivity index (χ4v) is 4.61. The van der Waals surface area contributed by atoms with Gasteiger partial charge >= 0.3 is 5.92 Å². The van der Waals surface area contributed by atoms with Gasteiger partial charge in [-0.05, 0) is 39.9 Å². The van der Waals surface area contributed by atoms with Crippen molar-refractivity contribution < 1.29 is 28.0 Å². The second-order valence-electron chi connectivity index (χ2n) is 9.60. The first kappa shape index (κ1) is 30.2. The first-order valence-corrected chi connectivity index (χ1v) is 11.7. The Hall–Kier alpha value is -2.81. The Morgan fingerprint density at radius 2 is 1.55 bits per heavy atom. The van der Waals surface area contributed by atoms with Crippen LogP contribution in [-0.2, 0) is 32.2 Å². The monoisotopic (exact) mass is 541 g/mol. The fourth-order valence-electron chi connectivity index (χ4n) is 4.48. The van der Waals surface area contributed by atoms with E-state index in [1.807, 2.05) is 0 Å². The average molecular weight is 540 g/mol. The lowest BCUT2D eigenvalue weighted by Gasteiger charge is -2.55.